The molecule has 0 amide bonds. The van der Waals surface area contributed by atoms with Crippen LogP contribution >= 0.6 is 11.3 Å². The summed E-state index contributed by atoms with van der Waals surface area (Å²) in [5.74, 6) is 0. The number of hydrogen-bond donors (Lipinski definition) is 2. The number of nitrogens with one attached hydrogen (secondary N) is 1. The number of hydroxylamine groups is 1. The van der Waals surface area contributed by atoms with Crippen LogP contribution in [0.3, 0.4) is 0 Å². The molecule has 0 spiro atoms. The molecule has 0 aliphatic heterocycles. The van der Waals surface area contributed by atoms with Crippen molar-refractivity contribution < 1.29 is 9.94 Å². The van der Waals surface area contributed by atoms with Gasteiger partial charge in [0.15, 0.2) is 0 Å². The molecule has 62 valence electrons. The zero-order chi connectivity index (χ0) is 7.94. The van der Waals surface area contributed by atoms with Gasteiger partial charge in [-0.1, -0.05) is 11.3 Å². The average molecular weight is 174 g/mol. The third kappa shape index (κ3) is 3.31. The van der Waals surface area contributed by atoms with Crippen LogP contribution in [0.2, 0.25) is 0 Å². The topological polar surface area (TPSA) is 54.4 Å². The molecule has 2 N–H and O–H groups in total. The van der Waals surface area contributed by atoms with Gasteiger partial charge in [-0.3, -0.25) is 0 Å². The Labute approximate surface area is 68.8 Å². The highest BCUT2D eigenvalue weighted by Crippen LogP contribution is 2.11. The number of nitrogens with zero attached hydrogens (tertiary/aromatic N) is 1. The largest absolute Gasteiger partial charge is 0.396 e. The Kier molecular flexibility index (Phi) is 3.89. The van der Waals surface area contributed by atoms with E-state index in [1.165, 1.54) is 11.3 Å². The molecule has 0 saturated carbocycles. The van der Waals surface area contributed by atoms with Crippen LogP contribution in [0.15, 0.2) is 11.6 Å². The molecule has 1 aromatic heterocycles. The van der Waals surface area contributed by atoms with E-state index in [2.05, 4.69) is 10.5 Å². The van der Waals surface area contributed by atoms with Crippen molar-refractivity contribution in [1.29, 1.82) is 0 Å². The summed E-state index contributed by atoms with van der Waals surface area (Å²) in [5, 5.41) is 10.9. The smallest absolute Gasteiger partial charge is 0.294 e. The maximum absolute atomic E-state index is 8.41. The van der Waals surface area contributed by atoms with Gasteiger partial charge < -0.3 is 9.94 Å². The summed E-state index contributed by atoms with van der Waals surface area (Å²) < 4.78 is 0. The Morgan fingerprint density at radius 3 is 3.27 bits per heavy atom. The van der Waals surface area contributed by atoms with E-state index in [1.54, 1.807) is 6.20 Å². The SMILES string of the molecule is OCCCNOc1nccs1. The van der Waals surface area contributed by atoms with Crippen LogP contribution < -0.4 is 10.3 Å². The second-order valence-corrected chi connectivity index (χ2v) is 2.73. The summed E-state index contributed by atoms with van der Waals surface area (Å²) in [6, 6.07) is 0. The first-order valence-electron chi connectivity index (χ1n) is 3.33. The summed E-state index contributed by atoms with van der Waals surface area (Å²) in [6.07, 6.45) is 2.36. The maximum Gasteiger partial charge on any atom is 0.294 e. The predicted molar refractivity (Wildman–Crippen MR) is 42.4 cm³/mol. The maximum atomic E-state index is 8.41. The molecular weight excluding hydrogens is 164 g/mol. The zero-order valence-corrected chi connectivity index (χ0v) is 6.80. The minimum absolute atomic E-state index is 0.175. The molecule has 1 aromatic rings. The first-order valence-corrected chi connectivity index (χ1v) is 4.21. The third-order valence-corrected chi connectivity index (χ3v) is 1.65. The zero-order valence-electron chi connectivity index (χ0n) is 5.99. The Balaban J connectivity index is 2.04. The van der Waals surface area contributed by atoms with Crippen LogP contribution in [0.25, 0.3) is 0 Å². The highest BCUT2D eigenvalue weighted by molar-refractivity contribution is 7.11. The molecule has 0 bridgehead atoms. The first kappa shape index (κ1) is 8.45. The van der Waals surface area contributed by atoms with Crippen LogP contribution in [0.5, 0.6) is 5.19 Å². The lowest BCUT2D eigenvalue weighted by atomic mass is 10.5. The van der Waals surface area contributed by atoms with E-state index < -0.39 is 0 Å². The van der Waals surface area contributed by atoms with Gasteiger partial charge in [-0.2, -0.15) is 5.48 Å². The molecule has 11 heavy (non-hydrogen) atoms. The third-order valence-electron chi connectivity index (χ3n) is 1.01. The number of rotatable bonds is 5. The number of aromatic nitrogens is 1. The summed E-state index contributed by atoms with van der Waals surface area (Å²) in [6.45, 7) is 0.810. The summed E-state index contributed by atoms with van der Waals surface area (Å²) in [7, 11) is 0. The lowest BCUT2D eigenvalue weighted by Gasteiger charge is -2.00. The van der Waals surface area contributed by atoms with Crippen LogP contribution in [0.4, 0.5) is 0 Å². The molecule has 0 saturated heterocycles. The molecule has 0 unspecified atom stereocenters. The monoisotopic (exact) mass is 174 g/mol. The van der Waals surface area contributed by atoms with Crippen LogP contribution in [-0.4, -0.2) is 23.2 Å². The molecule has 1 rings (SSSR count). The number of hydrogen-bond acceptors (Lipinski definition) is 5. The molecule has 1 heterocycles. The molecular formula is C6H10N2O2S. The van der Waals surface area contributed by atoms with E-state index in [9.17, 15) is 0 Å². The van der Waals surface area contributed by atoms with Crippen LogP contribution in [0.1, 0.15) is 6.42 Å². The van der Waals surface area contributed by atoms with Crippen molar-refractivity contribution in [1.82, 2.24) is 10.5 Å². The van der Waals surface area contributed by atoms with Crippen LogP contribution in [0, 0.1) is 0 Å². The normalized spacial score (nSPS) is 9.91. The van der Waals surface area contributed by atoms with Crippen LogP contribution in [-0.2, 0) is 0 Å². The quantitative estimate of drug-likeness (QED) is 0.501. The molecule has 0 fully saturated rings. The number of aliphatic hydroxyl groups excluding tert-OH is 1. The predicted octanol–water partition coefficient (Wildman–Crippen LogP) is 0.409. The molecule has 0 radical (unpaired) electrons. The standard InChI is InChI=1S/C6H10N2O2S/c9-4-1-2-8-10-6-7-3-5-11-6/h3,5,8-9H,1-2,4H2. The fourth-order valence-electron chi connectivity index (χ4n) is 0.525. The molecule has 5 heteroatoms. The average Bonchev–Trinajstić information content (AvgIpc) is 2.50. The minimum atomic E-state index is 0.175. The Morgan fingerprint density at radius 2 is 2.64 bits per heavy atom. The lowest BCUT2D eigenvalue weighted by Crippen LogP contribution is -2.20. The van der Waals surface area contributed by atoms with E-state index in [0.29, 0.717) is 18.2 Å². The van der Waals surface area contributed by atoms with Gasteiger partial charge in [0.1, 0.15) is 0 Å². The number of thiazole rings is 1. The van der Waals surface area contributed by atoms with E-state index in [1.807, 2.05) is 5.38 Å². The van der Waals surface area contributed by atoms with Crippen molar-refractivity contribution in [2.24, 2.45) is 0 Å². The van der Waals surface area contributed by atoms with Gasteiger partial charge in [-0.25, -0.2) is 4.98 Å². The van der Waals surface area contributed by atoms with Crippen molar-refractivity contribution in [2.45, 2.75) is 6.42 Å². The van der Waals surface area contributed by atoms with Gasteiger partial charge in [-0.15, -0.1) is 0 Å². The van der Waals surface area contributed by atoms with E-state index in [-0.39, 0.29) is 6.61 Å². The van der Waals surface area contributed by atoms with Gasteiger partial charge >= 0.3 is 0 Å². The second kappa shape index (κ2) is 5.06. The summed E-state index contributed by atoms with van der Waals surface area (Å²) in [5.41, 5.74) is 2.68. The van der Waals surface area contributed by atoms with E-state index in [4.69, 9.17) is 9.94 Å². The van der Waals surface area contributed by atoms with E-state index in [0.717, 1.165) is 0 Å². The fraction of sp³-hybridized carbons (Fsp3) is 0.500. The minimum Gasteiger partial charge on any atom is -0.396 e. The number of aliphatic hydroxyl groups is 1. The Morgan fingerprint density at radius 1 is 1.73 bits per heavy atom. The van der Waals surface area contributed by atoms with Gasteiger partial charge in [0.2, 0.25) is 0 Å². The van der Waals surface area contributed by atoms with E-state index >= 15 is 0 Å². The first-order chi connectivity index (χ1) is 5.43. The van der Waals surface area contributed by atoms with Crippen molar-refractivity contribution in [3.8, 4) is 5.19 Å². The van der Waals surface area contributed by atoms with Gasteiger partial charge in [-0.05, 0) is 6.42 Å². The fourth-order valence-corrected chi connectivity index (χ4v) is 0.992. The molecule has 0 aliphatic carbocycles. The Hall–Kier alpha value is -0.650. The van der Waals surface area contributed by atoms with Gasteiger partial charge in [0.25, 0.3) is 5.19 Å². The molecule has 0 atom stereocenters. The Bertz CT molecular complexity index is 179. The summed E-state index contributed by atoms with van der Waals surface area (Å²) >= 11 is 1.42. The van der Waals surface area contributed by atoms with Crippen molar-refractivity contribution in [2.75, 3.05) is 13.2 Å². The van der Waals surface area contributed by atoms with Gasteiger partial charge in [0, 0.05) is 24.7 Å². The molecule has 0 aliphatic rings. The van der Waals surface area contributed by atoms with Crippen molar-refractivity contribution in [3.05, 3.63) is 11.6 Å². The molecule has 0 aromatic carbocycles. The second-order valence-electron chi connectivity index (χ2n) is 1.87. The highest BCUT2D eigenvalue weighted by Gasteiger charge is 1.93. The van der Waals surface area contributed by atoms with Gasteiger partial charge in [0.05, 0.1) is 0 Å². The lowest BCUT2D eigenvalue weighted by molar-refractivity contribution is 0.180. The summed E-state index contributed by atoms with van der Waals surface area (Å²) in [4.78, 5) is 8.88. The van der Waals surface area contributed by atoms with Crippen molar-refractivity contribution in [3.63, 3.8) is 0 Å². The molecule has 4 nitrogen and oxygen atoms in total. The highest BCUT2D eigenvalue weighted by atomic mass is 32.1. The van der Waals surface area contributed by atoms with Crippen molar-refractivity contribution >= 4 is 11.3 Å².